The summed E-state index contributed by atoms with van der Waals surface area (Å²) in [6, 6.07) is 5.09. The third-order valence-electron chi connectivity index (χ3n) is 3.73. The van der Waals surface area contributed by atoms with Crippen molar-refractivity contribution in [1.82, 2.24) is 15.0 Å². The van der Waals surface area contributed by atoms with Gasteiger partial charge in [-0.05, 0) is 31.0 Å². The number of carboxylic acid groups (broad SMARTS) is 1. The Morgan fingerprint density at radius 2 is 2.00 bits per heavy atom. The summed E-state index contributed by atoms with van der Waals surface area (Å²) >= 11 is 5.61. The number of thiol groups is 1. The Morgan fingerprint density at radius 3 is 2.73 bits per heavy atom. The maximum absolute atomic E-state index is 12.9. The van der Waals surface area contributed by atoms with Gasteiger partial charge in [0.05, 0.1) is 11.9 Å². The number of thiazole rings is 1. The summed E-state index contributed by atoms with van der Waals surface area (Å²) < 4.78 is 0.609. The molecule has 0 saturated carbocycles. The van der Waals surface area contributed by atoms with Gasteiger partial charge >= 0.3 is 5.97 Å². The molecule has 26 heavy (non-hydrogen) atoms. The number of fused-ring (bicyclic) bond motifs is 1. The molecule has 0 bridgehead atoms. The van der Waals surface area contributed by atoms with Crippen LogP contribution in [-0.2, 0) is 4.79 Å². The van der Waals surface area contributed by atoms with Gasteiger partial charge in [-0.2, -0.15) is 0 Å². The van der Waals surface area contributed by atoms with Gasteiger partial charge in [0.15, 0.2) is 0 Å². The number of carbonyl (C=O) groups excluding carboxylic acids is 1. The average Bonchev–Trinajstić information content (AvgIpc) is 3.01. The van der Waals surface area contributed by atoms with Crippen LogP contribution in [0.4, 0.5) is 5.69 Å². The minimum atomic E-state index is -0.844. The van der Waals surface area contributed by atoms with Crippen molar-refractivity contribution in [1.29, 1.82) is 0 Å². The highest BCUT2D eigenvalue weighted by molar-refractivity contribution is 7.82. The Bertz CT molecular complexity index is 930. The molecule has 9 heteroatoms. The van der Waals surface area contributed by atoms with Gasteiger partial charge in [0.1, 0.15) is 14.7 Å². The molecule has 3 aromatic heterocycles. The number of nitrogens with zero attached hydrogens (tertiary/aromatic N) is 4. The second-order valence-electron chi connectivity index (χ2n) is 5.56. The molecule has 3 rings (SSSR count). The maximum atomic E-state index is 12.9. The highest BCUT2D eigenvalue weighted by Crippen LogP contribution is 2.27. The summed E-state index contributed by atoms with van der Waals surface area (Å²) in [5.74, 6) is -1.03. The number of anilines is 1. The minimum absolute atomic E-state index is 0.0731. The van der Waals surface area contributed by atoms with E-state index in [0.29, 0.717) is 40.5 Å². The first-order valence-corrected chi connectivity index (χ1v) is 9.20. The van der Waals surface area contributed by atoms with Crippen molar-refractivity contribution in [3.05, 3.63) is 42.4 Å². The van der Waals surface area contributed by atoms with Crippen molar-refractivity contribution < 1.29 is 14.7 Å². The van der Waals surface area contributed by atoms with Crippen LogP contribution in [0.2, 0.25) is 0 Å². The number of rotatable bonds is 7. The van der Waals surface area contributed by atoms with Gasteiger partial charge in [0.2, 0.25) is 0 Å². The minimum Gasteiger partial charge on any atom is -0.481 e. The molecule has 1 N–H and O–H groups in total. The highest BCUT2D eigenvalue weighted by Gasteiger charge is 2.19. The Hall–Kier alpha value is -2.52. The van der Waals surface area contributed by atoms with Crippen LogP contribution in [-0.4, -0.2) is 38.5 Å². The molecule has 0 spiro atoms. The van der Waals surface area contributed by atoms with E-state index >= 15 is 0 Å². The number of aliphatic carboxylic acids is 1. The van der Waals surface area contributed by atoms with Crippen LogP contribution in [0.5, 0.6) is 0 Å². The lowest BCUT2D eigenvalue weighted by Crippen LogP contribution is -2.32. The van der Waals surface area contributed by atoms with Crippen molar-refractivity contribution in [3.8, 4) is 0 Å². The Kier molecular flexibility index (Phi) is 5.79. The quantitative estimate of drug-likeness (QED) is 0.476. The summed E-state index contributed by atoms with van der Waals surface area (Å²) in [6.45, 7) is 0.388. The molecular weight excluding hydrogens is 372 g/mol. The van der Waals surface area contributed by atoms with Gasteiger partial charge in [-0.3, -0.25) is 14.6 Å². The zero-order valence-electron chi connectivity index (χ0n) is 13.7. The third-order valence-corrected chi connectivity index (χ3v) is 4.88. The molecule has 0 fully saturated rings. The number of unbranched alkanes of at least 4 members (excludes halogenated alkanes) is 1. The van der Waals surface area contributed by atoms with E-state index < -0.39 is 5.97 Å². The lowest BCUT2D eigenvalue weighted by atomic mass is 10.2. The first-order chi connectivity index (χ1) is 12.5. The lowest BCUT2D eigenvalue weighted by molar-refractivity contribution is -0.137. The molecule has 0 unspecified atom stereocenters. The van der Waals surface area contributed by atoms with E-state index in [9.17, 15) is 9.59 Å². The summed E-state index contributed by atoms with van der Waals surface area (Å²) in [4.78, 5) is 38.6. The van der Waals surface area contributed by atoms with Crippen LogP contribution in [0.25, 0.3) is 10.3 Å². The molecule has 0 aliphatic rings. The molecular formula is C17H16N4O3S2. The van der Waals surface area contributed by atoms with Gasteiger partial charge in [-0.15, -0.1) is 12.6 Å². The van der Waals surface area contributed by atoms with E-state index in [-0.39, 0.29) is 12.3 Å². The summed E-state index contributed by atoms with van der Waals surface area (Å²) in [5.41, 5.74) is 1.80. The smallest absolute Gasteiger partial charge is 0.303 e. The number of aromatic nitrogens is 3. The van der Waals surface area contributed by atoms with Crippen molar-refractivity contribution in [2.75, 3.05) is 11.4 Å². The van der Waals surface area contributed by atoms with Crippen LogP contribution >= 0.6 is 24.0 Å². The number of pyridine rings is 2. The molecule has 0 aliphatic carbocycles. The lowest BCUT2D eigenvalue weighted by Gasteiger charge is -2.22. The van der Waals surface area contributed by atoms with Crippen molar-refractivity contribution in [2.45, 2.75) is 23.6 Å². The SMILES string of the molecule is O=C(O)CCCCN(C(=O)c1ccncc1)c1cnc2sc(S)nc2c1. The van der Waals surface area contributed by atoms with E-state index in [4.69, 9.17) is 5.11 Å². The normalized spacial score (nSPS) is 10.8. The summed E-state index contributed by atoms with van der Waals surface area (Å²) in [6.07, 6.45) is 5.88. The summed E-state index contributed by atoms with van der Waals surface area (Å²) in [7, 11) is 0. The van der Waals surface area contributed by atoms with E-state index in [2.05, 4.69) is 27.6 Å². The first kappa shape index (κ1) is 18.3. The Balaban J connectivity index is 1.87. The zero-order valence-corrected chi connectivity index (χ0v) is 15.4. The van der Waals surface area contributed by atoms with E-state index in [0.717, 1.165) is 4.83 Å². The van der Waals surface area contributed by atoms with E-state index in [1.807, 2.05) is 0 Å². The van der Waals surface area contributed by atoms with Crippen molar-refractivity contribution in [2.24, 2.45) is 0 Å². The second kappa shape index (κ2) is 8.24. The molecule has 3 aromatic rings. The predicted molar refractivity (Wildman–Crippen MR) is 102 cm³/mol. The fraction of sp³-hybridized carbons (Fsp3) is 0.235. The van der Waals surface area contributed by atoms with Crippen LogP contribution in [0.15, 0.2) is 41.1 Å². The maximum Gasteiger partial charge on any atom is 0.303 e. The number of amides is 1. The fourth-order valence-corrected chi connectivity index (χ4v) is 3.49. The van der Waals surface area contributed by atoms with E-state index in [1.165, 1.54) is 11.3 Å². The fourth-order valence-electron chi connectivity index (χ4n) is 2.49. The molecule has 0 radical (unpaired) electrons. The molecule has 0 saturated heterocycles. The Labute approximate surface area is 159 Å². The molecule has 0 aromatic carbocycles. The summed E-state index contributed by atoms with van der Waals surface area (Å²) in [5, 5.41) is 8.79. The van der Waals surface area contributed by atoms with Crippen LogP contribution < -0.4 is 4.90 Å². The average molecular weight is 388 g/mol. The monoisotopic (exact) mass is 388 g/mol. The zero-order chi connectivity index (χ0) is 18.5. The topological polar surface area (TPSA) is 96.3 Å². The van der Waals surface area contributed by atoms with Crippen LogP contribution in [0, 0.1) is 0 Å². The van der Waals surface area contributed by atoms with E-state index in [1.54, 1.807) is 41.7 Å². The van der Waals surface area contributed by atoms with Gasteiger partial charge in [-0.1, -0.05) is 11.3 Å². The molecule has 0 atom stereocenters. The molecule has 7 nitrogen and oxygen atoms in total. The molecule has 3 heterocycles. The second-order valence-corrected chi connectivity index (χ2v) is 7.26. The van der Waals surface area contributed by atoms with Crippen LogP contribution in [0.1, 0.15) is 29.6 Å². The standard InChI is InChI=1S/C17H16N4O3S2/c22-14(23)3-1-2-8-21(16(24)11-4-6-18-7-5-11)12-9-13-15(19-10-12)26-17(25)20-13/h4-7,9-10H,1-3,8H2,(H,20,25)(H,22,23). The Morgan fingerprint density at radius 1 is 1.23 bits per heavy atom. The molecule has 1 amide bonds. The predicted octanol–water partition coefficient (Wildman–Crippen LogP) is 3.28. The number of hydrogen-bond acceptors (Lipinski definition) is 7. The van der Waals surface area contributed by atoms with Crippen molar-refractivity contribution >= 4 is 51.9 Å². The van der Waals surface area contributed by atoms with Gasteiger partial charge in [0, 0.05) is 30.9 Å². The van der Waals surface area contributed by atoms with Crippen LogP contribution in [0.3, 0.4) is 0 Å². The number of hydrogen-bond donors (Lipinski definition) is 2. The molecule has 0 aliphatic heterocycles. The number of carboxylic acids is 1. The number of carbonyl (C=O) groups is 2. The van der Waals surface area contributed by atoms with Gasteiger partial charge in [-0.25, -0.2) is 9.97 Å². The first-order valence-electron chi connectivity index (χ1n) is 7.94. The third kappa shape index (κ3) is 4.36. The van der Waals surface area contributed by atoms with Gasteiger partial charge < -0.3 is 10.0 Å². The van der Waals surface area contributed by atoms with Crippen molar-refractivity contribution in [3.63, 3.8) is 0 Å². The van der Waals surface area contributed by atoms with Gasteiger partial charge in [0.25, 0.3) is 5.91 Å². The molecule has 134 valence electrons. The highest BCUT2D eigenvalue weighted by atomic mass is 32.2. The largest absolute Gasteiger partial charge is 0.481 e.